The van der Waals surface area contributed by atoms with E-state index in [9.17, 15) is 9.59 Å². The third kappa shape index (κ3) is 3.50. The Kier molecular flexibility index (Phi) is 4.61. The number of nitrogens with zero attached hydrogens (tertiary/aromatic N) is 1. The Labute approximate surface area is 118 Å². The van der Waals surface area contributed by atoms with Gasteiger partial charge in [-0.25, -0.2) is 4.79 Å². The highest BCUT2D eigenvalue weighted by molar-refractivity contribution is 5.96. The van der Waals surface area contributed by atoms with Gasteiger partial charge in [-0.2, -0.15) is 0 Å². The van der Waals surface area contributed by atoms with Gasteiger partial charge in [0.1, 0.15) is 5.75 Å². The monoisotopic (exact) mass is 277 g/mol. The summed E-state index contributed by atoms with van der Waals surface area (Å²) in [6.45, 7) is 3.15. The molecule has 2 rings (SSSR count). The Balaban J connectivity index is 1.88. The number of carboxylic acid groups (broad SMARTS) is 1. The van der Waals surface area contributed by atoms with Crippen LogP contribution in [-0.2, 0) is 0 Å². The van der Waals surface area contributed by atoms with Crippen molar-refractivity contribution in [1.29, 1.82) is 0 Å². The van der Waals surface area contributed by atoms with Crippen LogP contribution in [0.1, 0.15) is 30.1 Å². The zero-order valence-corrected chi connectivity index (χ0v) is 11.5. The highest BCUT2D eigenvalue weighted by Gasteiger charge is 2.22. The lowest BCUT2D eigenvalue weighted by Gasteiger charge is -2.29. The van der Waals surface area contributed by atoms with Gasteiger partial charge in [-0.3, -0.25) is 4.79 Å². The summed E-state index contributed by atoms with van der Waals surface area (Å²) in [5.74, 6) is 0.938. The van der Waals surface area contributed by atoms with E-state index >= 15 is 0 Å². The zero-order valence-electron chi connectivity index (χ0n) is 11.5. The van der Waals surface area contributed by atoms with Crippen molar-refractivity contribution < 1.29 is 19.4 Å². The van der Waals surface area contributed by atoms with E-state index in [4.69, 9.17) is 9.84 Å². The van der Waals surface area contributed by atoms with Crippen molar-refractivity contribution in [1.82, 2.24) is 4.90 Å². The van der Waals surface area contributed by atoms with Crippen molar-refractivity contribution in [3.05, 3.63) is 29.8 Å². The number of carbonyl (C=O) groups excluding carboxylic acids is 1. The first-order valence-corrected chi connectivity index (χ1v) is 6.78. The molecule has 108 valence electrons. The molecular weight excluding hydrogens is 258 g/mol. The summed E-state index contributed by atoms with van der Waals surface area (Å²) in [6, 6.07) is 7.21. The third-order valence-electron chi connectivity index (χ3n) is 3.63. The van der Waals surface area contributed by atoms with E-state index in [1.807, 2.05) is 12.1 Å². The largest absolute Gasteiger partial charge is 0.493 e. The fraction of sp³-hybridized carbons (Fsp3) is 0.467. The van der Waals surface area contributed by atoms with E-state index in [2.05, 4.69) is 0 Å². The minimum Gasteiger partial charge on any atom is -0.493 e. The second kappa shape index (κ2) is 6.41. The average molecular weight is 277 g/mol. The van der Waals surface area contributed by atoms with Crippen LogP contribution in [0.2, 0.25) is 0 Å². The molecule has 1 aliphatic heterocycles. The van der Waals surface area contributed by atoms with Gasteiger partial charge in [0.25, 0.3) is 0 Å². The Bertz CT molecular complexity index is 492. The second-order valence-electron chi connectivity index (χ2n) is 5.08. The number of benzene rings is 1. The van der Waals surface area contributed by atoms with Gasteiger partial charge in [0.2, 0.25) is 0 Å². The van der Waals surface area contributed by atoms with Gasteiger partial charge >= 0.3 is 6.09 Å². The fourth-order valence-electron chi connectivity index (χ4n) is 2.38. The molecule has 1 N–H and O–H groups in total. The molecule has 5 nitrogen and oxygen atoms in total. The Morgan fingerprint density at radius 2 is 1.95 bits per heavy atom. The number of rotatable bonds is 4. The van der Waals surface area contributed by atoms with Gasteiger partial charge < -0.3 is 14.7 Å². The van der Waals surface area contributed by atoms with Crippen molar-refractivity contribution in [3.8, 4) is 5.75 Å². The normalized spacial score (nSPS) is 15.9. The smallest absolute Gasteiger partial charge is 0.407 e. The van der Waals surface area contributed by atoms with E-state index in [0.29, 0.717) is 36.9 Å². The Morgan fingerprint density at radius 1 is 1.30 bits per heavy atom. The summed E-state index contributed by atoms with van der Waals surface area (Å²) in [5.41, 5.74) is 0.593. The number of hydrogen-bond donors (Lipinski definition) is 1. The molecule has 0 aliphatic carbocycles. The number of hydrogen-bond acceptors (Lipinski definition) is 3. The van der Waals surface area contributed by atoms with Gasteiger partial charge in [0.15, 0.2) is 5.78 Å². The number of ketones is 1. The van der Waals surface area contributed by atoms with E-state index in [0.717, 1.165) is 12.8 Å². The van der Waals surface area contributed by atoms with Crippen LogP contribution < -0.4 is 4.74 Å². The van der Waals surface area contributed by atoms with Crippen molar-refractivity contribution in [3.63, 3.8) is 0 Å². The lowest BCUT2D eigenvalue weighted by molar-refractivity contribution is 0.0997. The lowest BCUT2D eigenvalue weighted by Crippen LogP contribution is -2.38. The minimum absolute atomic E-state index is 0.0127. The van der Waals surface area contributed by atoms with Crippen LogP contribution in [-0.4, -0.2) is 41.6 Å². The van der Waals surface area contributed by atoms with Crippen LogP contribution in [0.5, 0.6) is 5.75 Å². The van der Waals surface area contributed by atoms with Gasteiger partial charge in [-0.1, -0.05) is 12.1 Å². The SMILES string of the molecule is CC(=O)c1ccccc1OCC1CCN(C(=O)O)CC1. The van der Waals surface area contributed by atoms with Crippen molar-refractivity contribution in [2.45, 2.75) is 19.8 Å². The first kappa shape index (κ1) is 14.4. The molecule has 0 bridgehead atoms. The van der Waals surface area contributed by atoms with Gasteiger partial charge in [-0.15, -0.1) is 0 Å². The predicted molar refractivity (Wildman–Crippen MR) is 74.3 cm³/mol. The quantitative estimate of drug-likeness (QED) is 0.859. The molecule has 0 atom stereocenters. The molecule has 0 saturated carbocycles. The first-order valence-electron chi connectivity index (χ1n) is 6.78. The summed E-state index contributed by atoms with van der Waals surface area (Å²) >= 11 is 0. The number of carbonyl (C=O) groups is 2. The molecule has 1 amide bonds. The highest BCUT2D eigenvalue weighted by atomic mass is 16.5. The number of amides is 1. The number of Topliss-reactive ketones (excluding diaryl/α,β-unsaturated/α-hetero) is 1. The third-order valence-corrected chi connectivity index (χ3v) is 3.63. The number of para-hydroxylation sites is 1. The van der Waals surface area contributed by atoms with Crippen molar-refractivity contribution in [2.75, 3.05) is 19.7 Å². The molecule has 1 aromatic rings. The van der Waals surface area contributed by atoms with Crippen LogP contribution in [0.3, 0.4) is 0 Å². The van der Waals surface area contributed by atoms with Crippen LogP contribution in [0, 0.1) is 5.92 Å². The molecule has 1 aromatic carbocycles. The Morgan fingerprint density at radius 3 is 2.55 bits per heavy atom. The molecule has 1 heterocycles. The van der Waals surface area contributed by atoms with Crippen LogP contribution in [0.25, 0.3) is 0 Å². The van der Waals surface area contributed by atoms with Crippen molar-refractivity contribution >= 4 is 11.9 Å². The van der Waals surface area contributed by atoms with E-state index < -0.39 is 6.09 Å². The maximum atomic E-state index is 11.5. The van der Waals surface area contributed by atoms with E-state index in [1.54, 1.807) is 12.1 Å². The maximum Gasteiger partial charge on any atom is 0.407 e. The number of ether oxygens (including phenoxy) is 1. The molecule has 1 aliphatic rings. The first-order chi connectivity index (χ1) is 9.58. The summed E-state index contributed by atoms with van der Waals surface area (Å²) in [6.07, 6.45) is 0.745. The summed E-state index contributed by atoms with van der Waals surface area (Å²) in [4.78, 5) is 23.7. The molecule has 0 spiro atoms. The Hall–Kier alpha value is -2.04. The lowest BCUT2D eigenvalue weighted by atomic mass is 9.98. The molecule has 0 unspecified atom stereocenters. The van der Waals surface area contributed by atoms with Crippen LogP contribution in [0.15, 0.2) is 24.3 Å². The van der Waals surface area contributed by atoms with Gasteiger partial charge in [0.05, 0.1) is 12.2 Å². The van der Waals surface area contributed by atoms with Gasteiger partial charge in [0, 0.05) is 13.1 Å². The second-order valence-corrected chi connectivity index (χ2v) is 5.08. The molecule has 20 heavy (non-hydrogen) atoms. The molecule has 1 saturated heterocycles. The predicted octanol–water partition coefficient (Wildman–Crippen LogP) is 2.66. The molecule has 0 aromatic heterocycles. The van der Waals surface area contributed by atoms with Crippen LogP contribution >= 0.6 is 0 Å². The fourth-order valence-corrected chi connectivity index (χ4v) is 2.38. The van der Waals surface area contributed by atoms with Crippen molar-refractivity contribution in [2.24, 2.45) is 5.92 Å². The topological polar surface area (TPSA) is 66.8 Å². The zero-order chi connectivity index (χ0) is 14.5. The molecule has 1 fully saturated rings. The average Bonchev–Trinajstić information content (AvgIpc) is 2.45. The maximum absolute atomic E-state index is 11.5. The highest BCUT2D eigenvalue weighted by Crippen LogP contribution is 2.22. The number of likely N-dealkylation sites (tertiary alicyclic amines) is 1. The minimum atomic E-state index is -0.855. The van der Waals surface area contributed by atoms with Crippen LogP contribution in [0.4, 0.5) is 4.79 Å². The summed E-state index contributed by atoms with van der Waals surface area (Å²) < 4.78 is 5.75. The molecule has 5 heteroatoms. The van der Waals surface area contributed by atoms with Gasteiger partial charge in [-0.05, 0) is 37.8 Å². The summed E-state index contributed by atoms with van der Waals surface area (Å²) in [5, 5.41) is 8.89. The molecular formula is C15H19NO4. The van der Waals surface area contributed by atoms with E-state index in [-0.39, 0.29) is 5.78 Å². The van der Waals surface area contributed by atoms with E-state index in [1.165, 1.54) is 11.8 Å². The number of piperidine rings is 1. The standard InChI is InChI=1S/C15H19NO4/c1-11(17)13-4-2-3-5-14(13)20-10-12-6-8-16(9-7-12)15(18)19/h2-5,12H,6-10H2,1H3,(H,18,19). The molecule has 0 radical (unpaired) electrons. The summed E-state index contributed by atoms with van der Waals surface area (Å²) in [7, 11) is 0.